The second-order valence-corrected chi connectivity index (χ2v) is 3.93. The van der Waals surface area contributed by atoms with E-state index >= 15 is 0 Å². The minimum atomic E-state index is 0.260. The van der Waals surface area contributed by atoms with Gasteiger partial charge >= 0.3 is 0 Å². The molecule has 0 spiro atoms. The van der Waals surface area contributed by atoms with E-state index < -0.39 is 0 Å². The van der Waals surface area contributed by atoms with Crippen LogP contribution in [0, 0.1) is 17.8 Å². The Morgan fingerprint density at radius 2 is 1.71 bits per heavy atom. The molecule has 0 radical (unpaired) electrons. The Hall–Kier alpha value is -1.62. The first kappa shape index (κ1) is 13.4. The third-order valence-corrected chi connectivity index (χ3v) is 2.19. The molecule has 0 aromatic heterocycles. The van der Waals surface area contributed by atoms with Crippen LogP contribution in [0.25, 0.3) is 0 Å². The Bertz CT molecular complexity index is 370. The maximum absolute atomic E-state index is 5.62. The lowest BCUT2D eigenvalue weighted by atomic mass is 10.2. The SMILES string of the molecule is CC#CC(C)COc1ccc(OCCC)cc1. The highest BCUT2D eigenvalue weighted by Crippen LogP contribution is 2.18. The van der Waals surface area contributed by atoms with Gasteiger partial charge in [-0.1, -0.05) is 12.8 Å². The van der Waals surface area contributed by atoms with Crippen molar-refractivity contribution < 1.29 is 9.47 Å². The molecule has 1 aromatic carbocycles. The fraction of sp³-hybridized carbons (Fsp3) is 0.467. The van der Waals surface area contributed by atoms with E-state index in [0.29, 0.717) is 6.61 Å². The molecule has 1 atom stereocenters. The molecule has 2 heteroatoms. The van der Waals surface area contributed by atoms with Gasteiger partial charge in [0, 0.05) is 0 Å². The largest absolute Gasteiger partial charge is 0.494 e. The van der Waals surface area contributed by atoms with Gasteiger partial charge in [0.15, 0.2) is 0 Å². The van der Waals surface area contributed by atoms with Crippen LogP contribution in [0.15, 0.2) is 24.3 Å². The van der Waals surface area contributed by atoms with Crippen LogP contribution in [0.1, 0.15) is 27.2 Å². The standard InChI is InChI=1S/C15H20O2/c1-4-6-13(3)12-17-15-9-7-14(8-10-15)16-11-5-2/h7-10,13H,5,11-12H2,1-3H3. The number of benzene rings is 1. The Kier molecular flexibility index (Phi) is 6.03. The van der Waals surface area contributed by atoms with E-state index in [9.17, 15) is 0 Å². The average molecular weight is 232 g/mol. The first-order chi connectivity index (χ1) is 8.26. The van der Waals surface area contributed by atoms with Gasteiger partial charge in [0.25, 0.3) is 0 Å². The van der Waals surface area contributed by atoms with Crippen LogP contribution in [0.2, 0.25) is 0 Å². The molecule has 0 aliphatic carbocycles. The number of hydrogen-bond acceptors (Lipinski definition) is 2. The summed E-state index contributed by atoms with van der Waals surface area (Å²) < 4.78 is 11.1. The van der Waals surface area contributed by atoms with E-state index in [0.717, 1.165) is 24.5 Å². The Labute approximate surface area is 104 Å². The molecule has 1 aromatic rings. The third kappa shape index (κ3) is 5.31. The van der Waals surface area contributed by atoms with Crippen molar-refractivity contribution in [3.8, 4) is 23.3 Å². The van der Waals surface area contributed by atoms with Gasteiger partial charge in [0.05, 0.1) is 12.5 Å². The molecular weight excluding hydrogens is 212 g/mol. The van der Waals surface area contributed by atoms with Crippen molar-refractivity contribution in [2.24, 2.45) is 5.92 Å². The van der Waals surface area contributed by atoms with Crippen LogP contribution >= 0.6 is 0 Å². The highest BCUT2D eigenvalue weighted by Gasteiger charge is 1.99. The van der Waals surface area contributed by atoms with Gasteiger partial charge in [-0.05, 0) is 44.5 Å². The third-order valence-electron chi connectivity index (χ3n) is 2.19. The summed E-state index contributed by atoms with van der Waals surface area (Å²) in [6.45, 7) is 7.36. The van der Waals surface area contributed by atoms with Gasteiger partial charge in [-0.2, -0.15) is 0 Å². The average Bonchev–Trinajstić information content (AvgIpc) is 2.35. The topological polar surface area (TPSA) is 18.5 Å². The van der Waals surface area contributed by atoms with Crippen LogP contribution in [0.3, 0.4) is 0 Å². The highest BCUT2D eigenvalue weighted by atomic mass is 16.5. The van der Waals surface area contributed by atoms with Crippen molar-refractivity contribution in [3.05, 3.63) is 24.3 Å². The van der Waals surface area contributed by atoms with E-state index in [-0.39, 0.29) is 5.92 Å². The molecule has 0 N–H and O–H groups in total. The summed E-state index contributed by atoms with van der Waals surface area (Å²) in [5.41, 5.74) is 0. The monoisotopic (exact) mass is 232 g/mol. The Morgan fingerprint density at radius 3 is 2.24 bits per heavy atom. The number of ether oxygens (including phenoxy) is 2. The van der Waals surface area contributed by atoms with Crippen molar-refractivity contribution in [2.45, 2.75) is 27.2 Å². The van der Waals surface area contributed by atoms with Gasteiger partial charge in [0.2, 0.25) is 0 Å². The van der Waals surface area contributed by atoms with Crippen LogP contribution in [-0.4, -0.2) is 13.2 Å². The number of hydrogen-bond donors (Lipinski definition) is 0. The molecule has 1 rings (SSSR count). The van der Waals surface area contributed by atoms with E-state index in [4.69, 9.17) is 9.47 Å². The van der Waals surface area contributed by atoms with Crippen molar-refractivity contribution in [2.75, 3.05) is 13.2 Å². The van der Waals surface area contributed by atoms with Crippen LogP contribution in [-0.2, 0) is 0 Å². The lowest BCUT2D eigenvalue weighted by Crippen LogP contribution is -2.06. The van der Waals surface area contributed by atoms with Crippen LogP contribution < -0.4 is 9.47 Å². The van der Waals surface area contributed by atoms with Crippen molar-refractivity contribution in [1.82, 2.24) is 0 Å². The molecular formula is C15H20O2. The van der Waals surface area contributed by atoms with Gasteiger partial charge < -0.3 is 9.47 Å². The van der Waals surface area contributed by atoms with E-state index in [1.807, 2.05) is 31.2 Å². The number of rotatable bonds is 6. The van der Waals surface area contributed by atoms with Crippen LogP contribution in [0.4, 0.5) is 0 Å². The normalized spacial score (nSPS) is 11.2. The fourth-order valence-electron chi connectivity index (χ4n) is 1.36. The van der Waals surface area contributed by atoms with Gasteiger partial charge in [-0.3, -0.25) is 0 Å². The first-order valence-electron chi connectivity index (χ1n) is 6.04. The quantitative estimate of drug-likeness (QED) is 0.699. The van der Waals surface area contributed by atoms with Crippen molar-refractivity contribution >= 4 is 0 Å². The van der Waals surface area contributed by atoms with Crippen molar-refractivity contribution in [3.63, 3.8) is 0 Å². The summed E-state index contributed by atoms with van der Waals surface area (Å²) in [6.07, 6.45) is 1.02. The minimum absolute atomic E-state index is 0.260. The zero-order valence-corrected chi connectivity index (χ0v) is 10.8. The lowest BCUT2D eigenvalue weighted by Gasteiger charge is -2.09. The molecule has 2 nitrogen and oxygen atoms in total. The first-order valence-corrected chi connectivity index (χ1v) is 6.04. The molecule has 92 valence electrons. The summed E-state index contributed by atoms with van der Waals surface area (Å²) >= 11 is 0. The smallest absolute Gasteiger partial charge is 0.119 e. The molecule has 0 aliphatic rings. The molecule has 0 saturated carbocycles. The van der Waals surface area contributed by atoms with Crippen molar-refractivity contribution in [1.29, 1.82) is 0 Å². The zero-order chi connectivity index (χ0) is 12.5. The molecule has 17 heavy (non-hydrogen) atoms. The summed E-state index contributed by atoms with van der Waals surface area (Å²) in [6, 6.07) is 7.72. The van der Waals surface area contributed by atoms with E-state index in [1.165, 1.54) is 0 Å². The van der Waals surface area contributed by atoms with E-state index in [2.05, 4.69) is 25.7 Å². The fourth-order valence-corrected chi connectivity index (χ4v) is 1.36. The minimum Gasteiger partial charge on any atom is -0.494 e. The Morgan fingerprint density at radius 1 is 1.12 bits per heavy atom. The summed E-state index contributed by atoms with van der Waals surface area (Å²) in [7, 11) is 0. The van der Waals surface area contributed by atoms with Crippen LogP contribution in [0.5, 0.6) is 11.5 Å². The second-order valence-electron chi connectivity index (χ2n) is 3.93. The van der Waals surface area contributed by atoms with Gasteiger partial charge in [0.1, 0.15) is 18.1 Å². The van der Waals surface area contributed by atoms with Gasteiger partial charge in [-0.25, -0.2) is 0 Å². The second kappa shape index (κ2) is 7.62. The molecule has 0 saturated heterocycles. The molecule has 0 aliphatic heterocycles. The Balaban J connectivity index is 2.41. The molecule has 1 unspecified atom stereocenters. The molecule has 0 fully saturated rings. The molecule has 0 amide bonds. The highest BCUT2D eigenvalue weighted by molar-refractivity contribution is 5.31. The molecule has 0 bridgehead atoms. The zero-order valence-electron chi connectivity index (χ0n) is 10.8. The summed E-state index contributed by atoms with van der Waals surface area (Å²) in [5.74, 6) is 7.95. The maximum Gasteiger partial charge on any atom is 0.119 e. The predicted octanol–water partition coefficient (Wildman–Crippen LogP) is 3.51. The van der Waals surface area contributed by atoms with E-state index in [1.54, 1.807) is 0 Å². The van der Waals surface area contributed by atoms with Gasteiger partial charge in [-0.15, -0.1) is 5.92 Å². The summed E-state index contributed by atoms with van der Waals surface area (Å²) in [5, 5.41) is 0. The maximum atomic E-state index is 5.62. The lowest BCUT2D eigenvalue weighted by molar-refractivity contribution is 0.287. The predicted molar refractivity (Wildman–Crippen MR) is 70.3 cm³/mol. The molecule has 0 heterocycles. The summed E-state index contributed by atoms with van der Waals surface area (Å²) in [4.78, 5) is 0.